The number of hydrogen-bond acceptors (Lipinski definition) is 3. The quantitative estimate of drug-likeness (QED) is 0.844. The van der Waals surface area contributed by atoms with Crippen molar-refractivity contribution in [2.45, 2.75) is 44.6 Å². The van der Waals surface area contributed by atoms with Gasteiger partial charge in [-0.3, -0.25) is 0 Å². The van der Waals surface area contributed by atoms with Crippen LogP contribution in [-0.4, -0.2) is 25.5 Å². The maximum absolute atomic E-state index is 13.6. The van der Waals surface area contributed by atoms with Crippen molar-refractivity contribution in [3.05, 3.63) is 29.1 Å². The molecule has 0 amide bonds. The summed E-state index contributed by atoms with van der Waals surface area (Å²) in [6.07, 6.45) is 1.47. The zero-order valence-corrected chi connectivity index (χ0v) is 12.4. The van der Waals surface area contributed by atoms with Gasteiger partial charge in [-0.15, -0.1) is 0 Å². The minimum Gasteiger partial charge on any atom is -0.478 e. The predicted molar refractivity (Wildman–Crippen MR) is 72.8 cm³/mol. The zero-order valence-electron chi connectivity index (χ0n) is 11.6. The number of sulfonamides is 1. The fourth-order valence-electron chi connectivity index (χ4n) is 1.87. The third-order valence-corrected chi connectivity index (χ3v) is 4.42. The molecule has 1 rings (SSSR count). The first-order chi connectivity index (χ1) is 9.19. The first kappa shape index (κ1) is 16.6. The smallest absolute Gasteiger partial charge is 0.338 e. The van der Waals surface area contributed by atoms with Crippen molar-refractivity contribution in [2.75, 3.05) is 0 Å². The number of rotatable bonds is 6. The minimum atomic E-state index is -3.86. The van der Waals surface area contributed by atoms with E-state index in [-0.39, 0.29) is 16.5 Å². The number of carboxylic acid groups (broad SMARTS) is 1. The maximum atomic E-state index is 13.6. The number of carboxylic acids is 1. The molecule has 0 aliphatic heterocycles. The summed E-state index contributed by atoms with van der Waals surface area (Å²) in [5, 5.41) is 8.89. The lowest BCUT2D eigenvalue weighted by molar-refractivity contribution is 0.0691. The van der Waals surface area contributed by atoms with Gasteiger partial charge in [-0.05, 0) is 38.0 Å². The van der Waals surface area contributed by atoms with Crippen LogP contribution in [0.3, 0.4) is 0 Å². The summed E-state index contributed by atoms with van der Waals surface area (Å²) in [7, 11) is -3.86. The molecule has 0 bridgehead atoms. The summed E-state index contributed by atoms with van der Waals surface area (Å²) in [5.74, 6) is -2.41. The number of benzene rings is 1. The first-order valence-corrected chi connectivity index (χ1v) is 7.73. The molecule has 7 heteroatoms. The van der Waals surface area contributed by atoms with E-state index in [1.54, 1.807) is 6.92 Å². The summed E-state index contributed by atoms with van der Waals surface area (Å²) >= 11 is 0. The lowest BCUT2D eigenvalue weighted by Gasteiger charge is -2.14. The van der Waals surface area contributed by atoms with Crippen LogP contribution in [0.1, 0.15) is 42.6 Å². The van der Waals surface area contributed by atoms with E-state index in [9.17, 15) is 17.6 Å². The second kappa shape index (κ2) is 6.32. The molecule has 0 spiro atoms. The van der Waals surface area contributed by atoms with Crippen LogP contribution in [0, 0.1) is 12.7 Å². The molecule has 0 radical (unpaired) electrons. The molecule has 1 unspecified atom stereocenters. The zero-order chi connectivity index (χ0) is 15.5. The van der Waals surface area contributed by atoms with Crippen molar-refractivity contribution in [2.24, 2.45) is 0 Å². The highest BCUT2D eigenvalue weighted by Gasteiger charge is 2.22. The van der Waals surface area contributed by atoms with E-state index in [0.29, 0.717) is 6.42 Å². The SMILES string of the molecule is CCCC(C)NS(=O)(=O)c1cc(C)c(F)c(C(=O)O)c1. The fraction of sp³-hybridized carbons (Fsp3) is 0.462. The highest BCUT2D eigenvalue weighted by molar-refractivity contribution is 7.89. The Kier molecular flexibility index (Phi) is 5.24. The number of nitrogens with one attached hydrogen (secondary N) is 1. The summed E-state index contributed by atoms with van der Waals surface area (Å²) in [4.78, 5) is 10.7. The Bertz CT molecular complexity index is 613. The molecule has 5 nitrogen and oxygen atoms in total. The summed E-state index contributed by atoms with van der Waals surface area (Å²) < 4.78 is 40.3. The summed E-state index contributed by atoms with van der Waals surface area (Å²) in [5.41, 5.74) is -0.665. The van der Waals surface area contributed by atoms with Gasteiger partial charge in [0, 0.05) is 6.04 Å². The number of aryl methyl sites for hydroxylation is 1. The van der Waals surface area contributed by atoms with Gasteiger partial charge in [-0.25, -0.2) is 22.3 Å². The van der Waals surface area contributed by atoms with E-state index in [1.807, 2.05) is 6.92 Å². The topological polar surface area (TPSA) is 83.5 Å². The van der Waals surface area contributed by atoms with E-state index in [1.165, 1.54) is 6.92 Å². The number of halogens is 1. The van der Waals surface area contributed by atoms with Gasteiger partial charge in [0.25, 0.3) is 0 Å². The Morgan fingerprint density at radius 3 is 2.55 bits per heavy atom. The lowest BCUT2D eigenvalue weighted by Crippen LogP contribution is -2.32. The molecule has 0 heterocycles. The molecule has 0 saturated heterocycles. The van der Waals surface area contributed by atoms with E-state index in [0.717, 1.165) is 18.6 Å². The lowest BCUT2D eigenvalue weighted by atomic mass is 10.1. The van der Waals surface area contributed by atoms with Crippen LogP contribution in [0.2, 0.25) is 0 Å². The third kappa shape index (κ3) is 3.77. The Hall–Kier alpha value is -1.47. The maximum Gasteiger partial charge on any atom is 0.338 e. The Labute approximate surface area is 117 Å². The third-order valence-electron chi connectivity index (χ3n) is 2.85. The van der Waals surface area contributed by atoms with Crippen LogP contribution < -0.4 is 4.72 Å². The molecule has 0 aliphatic carbocycles. The van der Waals surface area contributed by atoms with Gasteiger partial charge in [-0.1, -0.05) is 13.3 Å². The highest BCUT2D eigenvalue weighted by atomic mass is 32.2. The summed E-state index contributed by atoms with van der Waals surface area (Å²) in [6.45, 7) is 4.97. The Balaban J connectivity index is 3.22. The van der Waals surface area contributed by atoms with Gasteiger partial charge in [0.05, 0.1) is 10.5 Å². The van der Waals surface area contributed by atoms with Gasteiger partial charge in [-0.2, -0.15) is 0 Å². The highest BCUT2D eigenvalue weighted by Crippen LogP contribution is 2.20. The summed E-state index contributed by atoms with van der Waals surface area (Å²) in [6, 6.07) is 1.69. The van der Waals surface area contributed by atoms with Crippen LogP contribution in [0.5, 0.6) is 0 Å². The molecule has 0 fully saturated rings. The standard InChI is InChI=1S/C13H18FNO4S/c1-4-5-9(3)15-20(18,19)10-6-8(2)12(14)11(7-10)13(16)17/h6-7,9,15H,4-5H2,1-3H3,(H,16,17). The van der Waals surface area contributed by atoms with Crippen molar-refractivity contribution < 1.29 is 22.7 Å². The molecule has 1 aromatic rings. The van der Waals surface area contributed by atoms with Crippen LogP contribution in [-0.2, 0) is 10.0 Å². The molecule has 112 valence electrons. The minimum absolute atomic E-state index is 0.0200. The normalized spacial score (nSPS) is 13.2. The van der Waals surface area contributed by atoms with Crippen molar-refractivity contribution in [1.29, 1.82) is 0 Å². The van der Waals surface area contributed by atoms with E-state index < -0.39 is 27.4 Å². The van der Waals surface area contributed by atoms with Crippen molar-refractivity contribution in [3.8, 4) is 0 Å². The fourth-order valence-corrected chi connectivity index (χ4v) is 3.26. The van der Waals surface area contributed by atoms with E-state index >= 15 is 0 Å². The number of aromatic carboxylic acids is 1. The average molecular weight is 303 g/mol. The first-order valence-electron chi connectivity index (χ1n) is 6.24. The second-order valence-corrected chi connectivity index (χ2v) is 6.43. The van der Waals surface area contributed by atoms with E-state index in [2.05, 4.69) is 4.72 Å². The molecular weight excluding hydrogens is 285 g/mol. The van der Waals surface area contributed by atoms with Gasteiger partial charge in [0.2, 0.25) is 10.0 Å². The largest absolute Gasteiger partial charge is 0.478 e. The van der Waals surface area contributed by atoms with Gasteiger partial charge in [0.15, 0.2) is 0 Å². The second-order valence-electron chi connectivity index (χ2n) is 4.72. The number of hydrogen-bond donors (Lipinski definition) is 2. The van der Waals surface area contributed by atoms with Crippen molar-refractivity contribution in [3.63, 3.8) is 0 Å². The molecule has 1 atom stereocenters. The van der Waals surface area contributed by atoms with Crippen LogP contribution in [0.4, 0.5) is 4.39 Å². The van der Waals surface area contributed by atoms with Gasteiger partial charge < -0.3 is 5.11 Å². The molecule has 0 aliphatic rings. The van der Waals surface area contributed by atoms with Crippen LogP contribution in [0.15, 0.2) is 17.0 Å². The van der Waals surface area contributed by atoms with Gasteiger partial charge in [0.1, 0.15) is 5.82 Å². The Morgan fingerprint density at radius 1 is 1.45 bits per heavy atom. The van der Waals surface area contributed by atoms with Crippen molar-refractivity contribution >= 4 is 16.0 Å². The monoisotopic (exact) mass is 303 g/mol. The molecule has 0 aromatic heterocycles. The number of carbonyl (C=O) groups is 1. The molecule has 0 saturated carbocycles. The van der Waals surface area contributed by atoms with Crippen LogP contribution >= 0.6 is 0 Å². The van der Waals surface area contributed by atoms with Crippen molar-refractivity contribution in [1.82, 2.24) is 4.72 Å². The average Bonchev–Trinajstić information content (AvgIpc) is 2.31. The molecular formula is C13H18FNO4S. The molecule has 20 heavy (non-hydrogen) atoms. The van der Waals surface area contributed by atoms with Gasteiger partial charge >= 0.3 is 5.97 Å². The molecule has 2 N–H and O–H groups in total. The van der Waals surface area contributed by atoms with Crippen LogP contribution in [0.25, 0.3) is 0 Å². The van der Waals surface area contributed by atoms with E-state index in [4.69, 9.17) is 5.11 Å². The predicted octanol–water partition coefficient (Wildman–Crippen LogP) is 2.30. The Morgan fingerprint density at radius 2 is 2.05 bits per heavy atom. The molecule has 1 aromatic carbocycles.